The number of aromatic hydroxyl groups is 2. The highest BCUT2D eigenvalue weighted by atomic mass is 16.7. The number of phenols is 2. The van der Waals surface area contributed by atoms with Crippen molar-refractivity contribution >= 4 is 5.97 Å². The van der Waals surface area contributed by atoms with Gasteiger partial charge in [-0.25, -0.2) is 4.79 Å². The highest BCUT2D eigenvalue weighted by Gasteiger charge is 2.45. The lowest BCUT2D eigenvalue weighted by atomic mass is 9.94. The fourth-order valence-electron chi connectivity index (χ4n) is 3.72. The van der Waals surface area contributed by atoms with Crippen LogP contribution in [0.25, 0.3) is 0 Å². The minimum absolute atomic E-state index is 0.107. The van der Waals surface area contributed by atoms with Crippen LogP contribution in [0.4, 0.5) is 0 Å². The zero-order chi connectivity index (χ0) is 22.3. The third-order valence-electron chi connectivity index (χ3n) is 5.43. The van der Waals surface area contributed by atoms with Crippen molar-refractivity contribution in [3.63, 3.8) is 0 Å². The molecule has 4 rings (SSSR count). The summed E-state index contributed by atoms with van der Waals surface area (Å²) in [5.41, 5.74) is 1.18. The van der Waals surface area contributed by atoms with Gasteiger partial charge in [-0.15, -0.1) is 0 Å². The molecular weight excluding hydrogens is 412 g/mol. The standard InChI is InChI=1S/C21H22O10/c22-8-15-17(25)18(26)19(27)21(31-15)30-14-6-9(4-5-11(14)23)13-7-10-2-1-3-12(24)16(10)20(28)29-13/h1-6,13,15,17-19,21-27H,7-8H2/t13-,15-,17-,18+,19-,21-/m1/s1. The molecule has 0 aliphatic carbocycles. The topological polar surface area (TPSA) is 166 Å². The average molecular weight is 434 g/mol. The van der Waals surface area contributed by atoms with Crippen molar-refractivity contribution in [2.24, 2.45) is 0 Å². The highest BCUT2D eigenvalue weighted by Crippen LogP contribution is 2.38. The molecule has 6 N–H and O–H groups in total. The molecule has 10 heteroatoms. The van der Waals surface area contributed by atoms with Crippen molar-refractivity contribution in [1.29, 1.82) is 0 Å². The molecule has 0 unspecified atom stereocenters. The zero-order valence-corrected chi connectivity index (χ0v) is 16.2. The van der Waals surface area contributed by atoms with E-state index < -0.39 is 49.4 Å². The first-order valence-electron chi connectivity index (χ1n) is 9.62. The quantitative estimate of drug-likeness (QED) is 0.353. The summed E-state index contributed by atoms with van der Waals surface area (Å²) in [7, 11) is 0. The Hall–Kier alpha value is -2.89. The third kappa shape index (κ3) is 3.91. The Morgan fingerprint density at radius 2 is 1.77 bits per heavy atom. The lowest BCUT2D eigenvalue weighted by Crippen LogP contribution is -2.60. The number of hydrogen-bond donors (Lipinski definition) is 6. The maximum Gasteiger partial charge on any atom is 0.342 e. The van der Waals surface area contributed by atoms with Gasteiger partial charge in [-0.3, -0.25) is 0 Å². The first-order valence-corrected chi connectivity index (χ1v) is 9.62. The summed E-state index contributed by atoms with van der Waals surface area (Å²) in [4.78, 5) is 12.3. The third-order valence-corrected chi connectivity index (χ3v) is 5.43. The number of hydrogen-bond acceptors (Lipinski definition) is 10. The molecule has 0 saturated carbocycles. The van der Waals surface area contributed by atoms with Gasteiger partial charge in [0, 0.05) is 6.42 Å². The van der Waals surface area contributed by atoms with Crippen molar-refractivity contribution in [2.75, 3.05) is 6.61 Å². The van der Waals surface area contributed by atoms with Gasteiger partial charge in [0.05, 0.1) is 6.61 Å². The van der Waals surface area contributed by atoms with Gasteiger partial charge in [-0.05, 0) is 29.3 Å². The highest BCUT2D eigenvalue weighted by molar-refractivity contribution is 5.95. The second-order valence-electron chi connectivity index (χ2n) is 7.45. The molecule has 2 aromatic rings. The summed E-state index contributed by atoms with van der Waals surface area (Å²) in [6.07, 6.45) is -7.93. The van der Waals surface area contributed by atoms with Gasteiger partial charge in [0.1, 0.15) is 41.8 Å². The van der Waals surface area contributed by atoms with E-state index in [1.165, 1.54) is 24.3 Å². The summed E-state index contributed by atoms with van der Waals surface area (Å²) in [5, 5.41) is 59.3. The number of ether oxygens (including phenoxy) is 3. The van der Waals surface area contributed by atoms with Crippen molar-refractivity contribution < 1.29 is 49.6 Å². The molecule has 2 heterocycles. The van der Waals surface area contributed by atoms with Crippen LogP contribution in [0.5, 0.6) is 17.2 Å². The van der Waals surface area contributed by atoms with Gasteiger partial charge in [0.25, 0.3) is 0 Å². The van der Waals surface area contributed by atoms with Crippen molar-refractivity contribution in [1.82, 2.24) is 0 Å². The van der Waals surface area contributed by atoms with Crippen LogP contribution in [-0.2, 0) is 15.9 Å². The van der Waals surface area contributed by atoms with E-state index in [-0.39, 0.29) is 29.2 Å². The molecule has 1 saturated heterocycles. The first kappa shape index (κ1) is 21.3. The monoisotopic (exact) mass is 434 g/mol. The SMILES string of the molecule is O=C1O[C@@H](c2ccc(O)c(O[C@@H]3O[C@H](CO)[C@@H](O)[C@H](O)[C@H]3O)c2)Cc2cccc(O)c21. The van der Waals surface area contributed by atoms with E-state index in [1.54, 1.807) is 12.1 Å². The summed E-state index contributed by atoms with van der Waals surface area (Å²) >= 11 is 0. The number of fused-ring (bicyclic) bond motifs is 1. The van der Waals surface area contributed by atoms with Crippen LogP contribution in [0, 0.1) is 0 Å². The molecule has 2 aliphatic heterocycles. The molecule has 0 amide bonds. The molecule has 166 valence electrons. The van der Waals surface area contributed by atoms with Crippen molar-refractivity contribution in [2.45, 2.75) is 43.2 Å². The van der Waals surface area contributed by atoms with Gasteiger partial charge in [-0.2, -0.15) is 0 Å². The number of carbonyl (C=O) groups excluding carboxylic acids is 1. The molecule has 0 spiro atoms. The molecule has 10 nitrogen and oxygen atoms in total. The Bertz CT molecular complexity index is 975. The molecule has 0 bridgehead atoms. The Kier molecular flexibility index (Phi) is 5.73. The molecule has 31 heavy (non-hydrogen) atoms. The average Bonchev–Trinajstić information content (AvgIpc) is 2.75. The largest absolute Gasteiger partial charge is 0.507 e. The maximum absolute atomic E-state index is 12.3. The second kappa shape index (κ2) is 8.33. The lowest BCUT2D eigenvalue weighted by Gasteiger charge is -2.39. The second-order valence-corrected chi connectivity index (χ2v) is 7.45. The number of aliphatic hydroxyl groups excluding tert-OH is 4. The van der Waals surface area contributed by atoms with Crippen LogP contribution < -0.4 is 4.74 Å². The Morgan fingerprint density at radius 1 is 1.00 bits per heavy atom. The van der Waals surface area contributed by atoms with Crippen LogP contribution >= 0.6 is 0 Å². The van der Waals surface area contributed by atoms with Gasteiger partial charge in [0.2, 0.25) is 6.29 Å². The van der Waals surface area contributed by atoms with Gasteiger partial charge in [0.15, 0.2) is 11.5 Å². The van der Waals surface area contributed by atoms with E-state index in [9.17, 15) is 35.4 Å². The predicted octanol–water partition coefficient (Wildman–Crippen LogP) is -0.269. The summed E-state index contributed by atoms with van der Waals surface area (Å²) in [5.74, 6) is -1.28. The molecule has 2 aromatic carbocycles. The fraction of sp³-hybridized carbons (Fsp3) is 0.381. The maximum atomic E-state index is 12.3. The number of aliphatic hydroxyl groups is 4. The van der Waals surface area contributed by atoms with Crippen LogP contribution in [0.2, 0.25) is 0 Å². The molecule has 1 fully saturated rings. The van der Waals surface area contributed by atoms with E-state index in [2.05, 4.69) is 0 Å². The van der Waals surface area contributed by atoms with Crippen LogP contribution in [0.3, 0.4) is 0 Å². The molecule has 0 radical (unpaired) electrons. The van der Waals surface area contributed by atoms with Gasteiger partial charge < -0.3 is 44.8 Å². The molecule has 6 atom stereocenters. The number of phenolic OH excluding ortho intramolecular Hbond substituents is 2. The van der Waals surface area contributed by atoms with Crippen LogP contribution in [-0.4, -0.2) is 73.9 Å². The summed E-state index contributed by atoms with van der Waals surface area (Å²) in [6.45, 7) is -0.624. The Morgan fingerprint density at radius 3 is 2.52 bits per heavy atom. The van der Waals surface area contributed by atoms with E-state index in [0.717, 1.165) is 0 Å². The van der Waals surface area contributed by atoms with Gasteiger partial charge >= 0.3 is 5.97 Å². The van der Waals surface area contributed by atoms with Crippen LogP contribution in [0.15, 0.2) is 36.4 Å². The molecular formula is C21H22O10. The molecule has 0 aromatic heterocycles. The smallest absolute Gasteiger partial charge is 0.342 e. The van der Waals surface area contributed by atoms with Crippen LogP contribution in [0.1, 0.15) is 27.6 Å². The van der Waals surface area contributed by atoms with Gasteiger partial charge in [-0.1, -0.05) is 18.2 Å². The van der Waals surface area contributed by atoms with E-state index in [1.807, 2.05) is 0 Å². The first-order chi connectivity index (χ1) is 14.8. The van der Waals surface area contributed by atoms with E-state index in [0.29, 0.717) is 11.1 Å². The van der Waals surface area contributed by atoms with E-state index >= 15 is 0 Å². The number of cyclic esters (lactones) is 1. The minimum atomic E-state index is -1.65. The number of carbonyl (C=O) groups is 1. The summed E-state index contributed by atoms with van der Waals surface area (Å²) < 4.78 is 16.2. The zero-order valence-electron chi connectivity index (χ0n) is 16.2. The number of benzene rings is 2. The summed E-state index contributed by atoms with van der Waals surface area (Å²) in [6, 6.07) is 8.94. The number of esters is 1. The Labute approximate surface area is 176 Å². The normalized spacial score (nSPS) is 30.4. The Balaban J connectivity index is 1.58. The molecule has 2 aliphatic rings. The lowest BCUT2D eigenvalue weighted by molar-refractivity contribution is -0.277. The van der Waals surface area contributed by atoms with E-state index in [4.69, 9.17) is 14.2 Å². The van der Waals surface area contributed by atoms with Crippen molar-refractivity contribution in [3.8, 4) is 17.2 Å². The fourth-order valence-corrected chi connectivity index (χ4v) is 3.72. The number of rotatable bonds is 4. The van der Waals surface area contributed by atoms with Crippen molar-refractivity contribution in [3.05, 3.63) is 53.1 Å². The predicted molar refractivity (Wildman–Crippen MR) is 102 cm³/mol. The minimum Gasteiger partial charge on any atom is -0.507 e.